The van der Waals surface area contributed by atoms with E-state index in [0.717, 1.165) is 6.07 Å². The molecule has 1 aliphatic rings. The minimum Gasteiger partial charge on any atom is -0.392 e. The highest BCUT2D eigenvalue weighted by Gasteiger charge is 2.43. The predicted octanol–water partition coefficient (Wildman–Crippen LogP) is 3.07. The number of aliphatic hydroxyl groups excluding tert-OH is 1. The molecule has 2 unspecified atom stereocenters. The van der Waals surface area contributed by atoms with Crippen molar-refractivity contribution >= 4 is 17.4 Å². The van der Waals surface area contributed by atoms with Crippen molar-refractivity contribution in [3.05, 3.63) is 53.9 Å². The molecule has 2 aromatic heterocycles. The Kier molecular flexibility index (Phi) is 3.91. The van der Waals surface area contributed by atoms with Crippen LogP contribution < -0.4 is 5.32 Å². The third-order valence-electron chi connectivity index (χ3n) is 4.42. The van der Waals surface area contributed by atoms with E-state index < -0.39 is 36.2 Å². The van der Waals surface area contributed by atoms with E-state index in [9.17, 15) is 23.1 Å². The van der Waals surface area contributed by atoms with Crippen LogP contribution in [0.4, 0.5) is 19.0 Å². The Labute approximate surface area is 146 Å². The number of hydrogen-bond donors (Lipinski definition) is 2. The summed E-state index contributed by atoms with van der Waals surface area (Å²) >= 11 is 0. The number of carbonyl (C=O) groups is 1. The molecule has 2 atom stereocenters. The number of imidazole rings is 1. The number of fused-ring (bicyclic) bond motifs is 1. The van der Waals surface area contributed by atoms with E-state index in [4.69, 9.17) is 0 Å². The maximum absolute atomic E-state index is 13.9. The maximum atomic E-state index is 13.9. The number of amides is 1. The zero-order chi connectivity index (χ0) is 18.4. The third kappa shape index (κ3) is 2.82. The van der Waals surface area contributed by atoms with Gasteiger partial charge in [0.15, 0.2) is 17.5 Å². The topological polar surface area (TPSA) is 66.6 Å². The summed E-state index contributed by atoms with van der Waals surface area (Å²) in [4.78, 5) is 16.0. The van der Waals surface area contributed by atoms with Crippen LogP contribution in [0.5, 0.6) is 0 Å². The van der Waals surface area contributed by atoms with Crippen LogP contribution in [0.15, 0.2) is 36.7 Å². The highest BCUT2D eigenvalue weighted by atomic mass is 19.2. The quantitative estimate of drug-likeness (QED) is 0.751. The van der Waals surface area contributed by atoms with Crippen molar-refractivity contribution in [2.75, 3.05) is 5.32 Å². The first kappa shape index (κ1) is 16.6. The molecule has 0 aliphatic heterocycles. The Morgan fingerprint density at radius 1 is 1.27 bits per heavy atom. The van der Waals surface area contributed by atoms with Crippen molar-refractivity contribution in [1.82, 2.24) is 9.38 Å². The van der Waals surface area contributed by atoms with Gasteiger partial charge in [-0.3, -0.25) is 4.79 Å². The molecule has 0 bridgehead atoms. The number of carbonyl (C=O) groups excluding carboxylic acids is 1. The minimum atomic E-state index is -1.09. The number of nitrogens with one attached hydrogen (secondary N) is 1. The van der Waals surface area contributed by atoms with Gasteiger partial charge in [0.05, 0.1) is 18.7 Å². The molecule has 4 rings (SSSR count). The van der Waals surface area contributed by atoms with Gasteiger partial charge in [-0.2, -0.15) is 0 Å². The lowest BCUT2D eigenvalue weighted by Gasteiger charge is -2.09. The van der Waals surface area contributed by atoms with Crippen LogP contribution in [0.3, 0.4) is 0 Å². The number of aliphatic hydroxyl groups is 1. The Hall–Kier alpha value is -2.87. The van der Waals surface area contributed by atoms with Crippen molar-refractivity contribution in [1.29, 1.82) is 0 Å². The van der Waals surface area contributed by atoms with E-state index in [-0.39, 0.29) is 17.8 Å². The van der Waals surface area contributed by atoms with Crippen molar-refractivity contribution in [3.8, 4) is 11.1 Å². The molecule has 1 fully saturated rings. The first-order chi connectivity index (χ1) is 12.5. The van der Waals surface area contributed by atoms with Crippen LogP contribution in [-0.4, -0.2) is 26.6 Å². The van der Waals surface area contributed by atoms with Crippen LogP contribution in [-0.2, 0) is 11.4 Å². The van der Waals surface area contributed by atoms with Gasteiger partial charge in [0.2, 0.25) is 5.91 Å². The van der Waals surface area contributed by atoms with Gasteiger partial charge in [-0.25, -0.2) is 18.2 Å². The van der Waals surface area contributed by atoms with Crippen molar-refractivity contribution in [3.63, 3.8) is 0 Å². The highest BCUT2D eigenvalue weighted by Crippen LogP contribution is 2.34. The summed E-state index contributed by atoms with van der Waals surface area (Å²) in [5.41, 5.74) is 1.28. The molecule has 2 heterocycles. The van der Waals surface area contributed by atoms with E-state index >= 15 is 0 Å². The molecular formula is C18H14F3N3O2. The first-order valence-corrected chi connectivity index (χ1v) is 7.99. The van der Waals surface area contributed by atoms with Crippen molar-refractivity contribution in [2.24, 2.45) is 5.92 Å². The standard InChI is InChI=1S/C18H14F3N3O2/c19-13-3-2-10(12(8-25)17(13)21)9-1-4-16-22-15(7-24(16)6-9)23-18(26)11-5-14(11)20/h1-4,6-7,11,14,25H,5,8H2,(H,23,26). The molecule has 0 spiro atoms. The summed E-state index contributed by atoms with van der Waals surface area (Å²) in [6.45, 7) is -0.645. The van der Waals surface area contributed by atoms with E-state index in [1.165, 1.54) is 6.07 Å². The summed E-state index contributed by atoms with van der Waals surface area (Å²) in [6, 6.07) is 5.68. The summed E-state index contributed by atoms with van der Waals surface area (Å²) in [5.74, 6) is -2.88. The number of anilines is 1. The fourth-order valence-electron chi connectivity index (χ4n) is 2.88. The average molecular weight is 361 g/mol. The van der Waals surface area contributed by atoms with Crippen LogP contribution >= 0.6 is 0 Å². The van der Waals surface area contributed by atoms with E-state index in [2.05, 4.69) is 10.3 Å². The van der Waals surface area contributed by atoms with Gasteiger partial charge in [0, 0.05) is 11.8 Å². The van der Waals surface area contributed by atoms with Gasteiger partial charge >= 0.3 is 0 Å². The zero-order valence-corrected chi connectivity index (χ0v) is 13.4. The number of pyridine rings is 1. The molecule has 0 radical (unpaired) electrons. The normalized spacial score (nSPS) is 18.9. The minimum absolute atomic E-state index is 0.138. The predicted molar refractivity (Wildman–Crippen MR) is 88.1 cm³/mol. The second kappa shape index (κ2) is 6.14. The molecular weight excluding hydrogens is 347 g/mol. The molecule has 2 N–H and O–H groups in total. The van der Waals surface area contributed by atoms with E-state index in [1.807, 2.05) is 0 Å². The molecule has 0 saturated heterocycles. The molecule has 134 valence electrons. The molecule has 1 aromatic carbocycles. The number of hydrogen-bond acceptors (Lipinski definition) is 3. The van der Waals surface area contributed by atoms with E-state index in [1.54, 1.807) is 28.9 Å². The van der Waals surface area contributed by atoms with Crippen LogP contribution in [0, 0.1) is 17.6 Å². The number of rotatable bonds is 4. The van der Waals surface area contributed by atoms with Gasteiger partial charge in [-0.15, -0.1) is 0 Å². The number of aromatic nitrogens is 2. The molecule has 3 aromatic rings. The highest BCUT2D eigenvalue weighted by molar-refractivity contribution is 5.94. The molecule has 1 saturated carbocycles. The molecule has 8 heteroatoms. The second-order valence-electron chi connectivity index (χ2n) is 6.20. The summed E-state index contributed by atoms with van der Waals surface area (Å²) in [6.07, 6.45) is 2.30. The summed E-state index contributed by atoms with van der Waals surface area (Å²) in [5, 5.41) is 11.9. The monoisotopic (exact) mass is 361 g/mol. The zero-order valence-electron chi connectivity index (χ0n) is 13.4. The Bertz CT molecular complexity index is 1020. The lowest BCUT2D eigenvalue weighted by molar-refractivity contribution is -0.117. The Morgan fingerprint density at radius 2 is 2.04 bits per heavy atom. The molecule has 26 heavy (non-hydrogen) atoms. The number of nitrogens with zero attached hydrogens (tertiary/aromatic N) is 2. The first-order valence-electron chi connectivity index (χ1n) is 7.99. The fourth-order valence-corrected chi connectivity index (χ4v) is 2.88. The fraction of sp³-hybridized carbons (Fsp3) is 0.222. The average Bonchev–Trinajstić information content (AvgIpc) is 3.22. The lowest BCUT2D eigenvalue weighted by Crippen LogP contribution is -2.15. The van der Waals surface area contributed by atoms with Crippen molar-refractivity contribution < 1.29 is 23.1 Å². The van der Waals surface area contributed by atoms with E-state index in [0.29, 0.717) is 16.8 Å². The Morgan fingerprint density at radius 3 is 2.73 bits per heavy atom. The second-order valence-corrected chi connectivity index (χ2v) is 6.20. The van der Waals surface area contributed by atoms with Gasteiger partial charge < -0.3 is 14.8 Å². The van der Waals surface area contributed by atoms with Gasteiger partial charge in [0.25, 0.3) is 0 Å². The van der Waals surface area contributed by atoms with Gasteiger partial charge in [-0.05, 0) is 35.7 Å². The maximum Gasteiger partial charge on any atom is 0.231 e. The SMILES string of the molecule is O=C(Nc1cn2cc(-c3ccc(F)c(F)c3CO)ccc2n1)C1CC1F. The molecule has 1 amide bonds. The van der Waals surface area contributed by atoms with Crippen LogP contribution in [0.25, 0.3) is 16.8 Å². The summed E-state index contributed by atoms with van der Waals surface area (Å²) < 4.78 is 41.8. The van der Waals surface area contributed by atoms with Gasteiger partial charge in [0.1, 0.15) is 11.8 Å². The third-order valence-corrected chi connectivity index (χ3v) is 4.42. The Balaban J connectivity index is 1.68. The molecule has 1 aliphatic carbocycles. The lowest BCUT2D eigenvalue weighted by atomic mass is 10.0. The number of benzene rings is 1. The van der Waals surface area contributed by atoms with Crippen LogP contribution in [0.1, 0.15) is 12.0 Å². The number of alkyl halides is 1. The largest absolute Gasteiger partial charge is 0.392 e. The smallest absolute Gasteiger partial charge is 0.231 e. The van der Waals surface area contributed by atoms with Gasteiger partial charge in [-0.1, -0.05) is 6.07 Å². The van der Waals surface area contributed by atoms with Crippen LogP contribution in [0.2, 0.25) is 0 Å². The van der Waals surface area contributed by atoms with Crippen molar-refractivity contribution in [2.45, 2.75) is 19.2 Å². The summed E-state index contributed by atoms with van der Waals surface area (Å²) in [7, 11) is 0. The number of halogens is 3. The molecule has 5 nitrogen and oxygen atoms in total.